The molecular weight excluding hydrogens is 287 g/mol. The third-order valence-corrected chi connectivity index (χ3v) is 6.40. The van der Waals surface area contributed by atoms with Crippen LogP contribution in [0.4, 0.5) is 4.39 Å². The van der Waals surface area contributed by atoms with Crippen LogP contribution in [0, 0.1) is 11.2 Å². The van der Waals surface area contributed by atoms with E-state index >= 15 is 0 Å². The van der Waals surface area contributed by atoms with Crippen LogP contribution in [-0.4, -0.2) is 5.11 Å². The molecule has 0 radical (unpaired) electrons. The fraction of sp³-hybridized carbons (Fsp3) is 0.429. The summed E-state index contributed by atoms with van der Waals surface area (Å²) in [6.45, 7) is 2.44. The molecule has 2 heteroatoms. The first-order chi connectivity index (χ1) is 11.0. The van der Waals surface area contributed by atoms with E-state index < -0.39 is 5.82 Å². The van der Waals surface area contributed by atoms with Crippen LogP contribution in [-0.2, 0) is 5.41 Å². The molecule has 5 rings (SSSR count). The van der Waals surface area contributed by atoms with Crippen molar-refractivity contribution in [2.24, 2.45) is 5.41 Å². The highest BCUT2D eigenvalue weighted by atomic mass is 19.1. The Bertz CT molecular complexity index is 707. The number of aromatic hydroxyl groups is 1. The smallest absolute Gasteiger partial charge is 0.165 e. The Balaban J connectivity index is 1.62. The van der Waals surface area contributed by atoms with Gasteiger partial charge in [0.05, 0.1) is 0 Å². The second-order valence-corrected chi connectivity index (χ2v) is 7.83. The standard InChI is InChI=1S/C21H23FO/c1-20-8-11-21(12-9-20,13-10-20)17-5-2-15(3-6-17)16-4-7-19(23)18(22)14-16/h2-7,14,23H,8-13H2,1H3. The van der Waals surface area contributed by atoms with E-state index in [9.17, 15) is 9.50 Å². The molecule has 0 heterocycles. The van der Waals surface area contributed by atoms with Crippen molar-refractivity contribution in [3.63, 3.8) is 0 Å². The van der Waals surface area contributed by atoms with Gasteiger partial charge in [-0.15, -0.1) is 0 Å². The Morgan fingerprint density at radius 2 is 1.39 bits per heavy atom. The summed E-state index contributed by atoms with van der Waals surface area (Å²) >= 11 is 0. The number of halogens is 1. The van der Waals surface area contributed by atoms with E-state index in [2.05, 4.69) is 31.2 Å². The van der Waals surface area contributed by atoms with Gasteiger partial charge in [0.15, 0.2) is 11.6 Å². The lowest BCUT2D eigenvalue weighted by molar-refractivity contribution is 0.0556. The summed E-state index contributed by atoms with van der Waals surface area (Å²) in [5.74, 6) is -0.860. The van der Waals surface area contributed by atoms with Gasteiger partial charge in [-0.1, -0.05) is 37.3 Å². The molecule has 0 aromatic heterocycles. The Morgan fingerprint density at radius 1 is 0.826 bits per heavy atom. The van der Waals surface area contributed by atoms with Crippen molar-refractivity contribution in [3.8, 4) is 16.9 Å². The van der Waals surface area contributed by atoms with Crippen LogP contribution < -0.4 is 0 Å². The van der Waals surface area contributed by atoms with E-state index in [0.717, 1.165) is 11.1 Å². The summed E-state index contributed by atoms with van der Waals surface area (Å²) in [5, 5.41) is 9.32. The summed E-state index contributed by atoms with van der Waals surface area (Å²) in [6, 6.07) is 13.2. The predicted octanol–water partition coefficient (Wildman–Crippen LogP) is 5.81. The molecule has 0 atom stereocenters. The molecule has 3 fully saturated rings. The number of fused-ring (bicyclic) bond motifs is 3. The van der Waals surface area contributed by atoms with Crippen molar-refractivity contribution in [1.82, 2.24) is 0 Å². The zero-order chi connectivity index (χ0) is 16.1. The third kappa shape index (κ3) is 2.45. The largest absolute Gasteiger partial charge is 0.505 e. The molecular formula is C21H23FO. The van der Waals surface area contributed by atoms with Crippen LogP contribution in [0.5, 0.6) is 5.75 Å². The fourth-order valence-electron chi connectivity index (χ4n) is 4.51. The maximum Gasteiger partial charge on any atom is 0.165 e. The summed E-state index contributed by atoms with van der Waals surface area (Å²) in [4.78, 5) is 0. The van der Waals surface area contributed by atoms with Gasteiger partial charge in [0, 0.05) is 0 Å². The molecule has 120 valence electrons. The minimum Gasteiger partial charge on any atom is -0.505 e. The summed E-state index contributed by atoms with van der Waals surface area (Å²) < 4.78 is 13.5. The van der Waals surface area contributed by atoms with Crippen molar-refractivity contribution in [3.05, 3.63) is 53.8 Å². The normalized spacial score (nSPS) is 29.7. The molecule has 1 N–H and O–H groups in total. The van der Waals surface area contributed by atoms with Gasteiger partial charge in [0.1, 0.15) is 0 Å². The van der Waals surface area contributed by atoms with Gasteiger partial charge in [0.2, 0.25) is 0 Å². The molecule has 3 saturated carbocycles. The van der Waals surface area contributed by atoms with Gasteiger partial charge < -0.3 is 5.11 Å². The predicted molar refractivity (Wildman–Crippen MR) is 91.0 cm³/mol. The Hall–Kier alpha value is -1.83. The van der Waals surface area contributed by atoms with Crippen LogP contribution in [0.3, 0.4) is 0 Å². The maximum absolute atomic E-state index is 13.5. The van der Waals surface area contributed by atoms with Crippen LogP contribution in [0.25, 0.3) is 11.1 Å². The van der Waals surface area contributed by atoms with Crippen molar-refractivity contribution in [1.29, 1.82) is 0 Å². The molecule has 2 bridgehead atoms. The molecule has 3 aliphatic rings. The first kappa shape index (κ1) is 14.7. The van der Waals surface area contributed by atoms with Crippen molar-refractivity contribution in [2.45, 2.75) is 50.9 Å². The zero-order valence-electron chi connectivity index (χ0n) is 13.6. The second kappa shape index (κ2) is 5.09. The maximum atomic E-state index is 13.5. The third-order valence-electron chi connectivity index (χ3n) is 6.40. The lowest BCUT2D eigenvalue weighted by Gasteiger charge is -2.52. The zero-order valence-corrected chi connectivity index (χ0v) is 13.6. The molecule has 23 heavy (non-hydrogen) atoms. The van der Waals surface area contributed by atoms with Gasteiger partial charge in [-0.05, 0) is 78.2 Å². The van der Waals surface area contributed by atoms with E-state index in [4.69, 9.17) is 0 Å². The van der Waals surface area contributed by atoms with Gasteiger partial charge in [-0.2, -0.15) is 0 Å². The highest BCUT2D eigenvalue weighted by Crippen LogP contribution is 2.57. The summed E-state index contributed by atoms with van der Waals surface area (Å²) in [6.07, 6.45) is 7.94. The molecule has 0 saturated heterocycles. The van der Waals surface area contributed by atoms with Crippen LogP contribution >= 0.6 is 0 Å². The van der Waals surface area contributed by atoms with Crippen molar-refractivity contribution >= 4 is 0 Å². The summed E-state index contributed by atoms with van der Waals surface area (Å²) in [7, 11) is 0. The average Bonchev–Trinajstić information content (AvgIpc) is 2.59. The molecule has 0 unspecified atom stereocenters. The first-order valence-electron chi connectivity index (χ1n) is 8.59. The number of rotatable bonds is 2. The molecule has 2 aromatic carbocycles. The van der Waals surface area contributed by atoms with E-state index in [-0.39, 0.29) is 5.75 Å². The lowest BCUT2D eigenvalue weighted by atomic mass is 9.52. The van der Waals surface area contributed by atoms with E-state index in [1.165, 1.54) is 56.2 Å². The molecule has 2 aromatic rings. The van der Waals surface area contributed by atoms with Gasteiger partial charge >= 0.3 is 0 Å². The number of phenols is 1. The fourth-order valence-corrected chi connectivity index (χ4v) is 4.51. The van der Waals surface area contributed by atoms with E-state index in [0.29, 0.717) is 10.8 Å². The minimum atomic E-state index is -0.566. The van der Waals surface area contributed by atoms with Crippen LogP contribution in [0.1, 0.15) is 51.0 Å². The lowest BCUT2D eigenvalue weighted by Crippen LogP contribution is -2.42. The molecule has 0 aliphatic heterocycles. The summed E-state index contributed by atoms with van der Waals surface area (Å²) in [5.41, 5.74) is 4.22. The van der Waals surface area contributed by atoms with E-state index in [1.54, 1.807) is 6.07 Å². The van der Waals surface area contributed by atoms with E-state index in [1.807, 2.05) is 0 Å². The number of benzene rings is 2. The Kier molecular flexibility index (Phi) is 3.26. The minimum absolute atomic E-state index is 0.295. The van der Waals surface area contributed by atoms with Crippen molar-refractivity contribution < 1.29 is 9.50 Å². The van der Waals surface area contributed by atoms with Gasteiger partial charge in [0.25, 0.3) is 0 Å². The van der Waals surface area contributed by atoms with Crippen LogP contribution in [0.2, 0.25) is 0 Å². The quantitative estimate of drug-likeness (QED) is 0.742. The topological polar surface area (TPSA) is 20.2 Å². The van der Waals surface area contributed by atoms with Gasteiger partial charge in [-0.25, -0.2) is 4.39 Å². The first-order valence-corrected chi connectivity index (χ1v) is 8.59. The number of hydrogen-bond acceptors (Lipinski definition) is 1. The molecule has 0 amide bonds. The molecule has 1 nitrogen and oxygen atoms in total. The number of phenolic OH excluding ortho intramolecular Hbond substituents is 1. The highest BCUT2D eigenvalue weighted by Gasteiger charge is 2.46. The molecule has 0 spiro atoms. The average molecular weight is 310 g/mol. The monoisotopic (exact) mass is 310 g/mol. The van der Waals surface area contributed by atoms with Gasteiger partial charge in [-0.3, -0.25) is 0 Å². The highest BCUT2D eigenvalue weighted by molar-refractivity contribution is 5.65. The Morgan fingerprint density at radius 3 is 1.96 bits per heavy atom. The van der Waals surface area contributed by atoms with Crippen LogP contribution in [0.15, 0.2) is 42.5 Å². The Labute approximate surface area is 137 Å². The SMILES string of the molecule is CC12CCC(c3ccc(-c4ccc(O)c(F)c4)cc3)(CC1)CC2. The number of hydrogen-bond donors (Lipinski definition) is 1. The molecule has 3 aliphatic carbocycles. The van der Waals surface area contributed by atoms with Crippen molar-refractivity contribution in [2.75, 3.05) is 0 Å². The second-order valence-electron chi connectivity index (χ2n) is 7.83.